The van der Waals surface area contributed by atoms with Crippen LogP contribution in [-0.2, 0) is 14.4 Å². The van der Waals surface area contributed by atoms with Crippen LogP contribution in [0.2, 0.25) is 0 Å². The van der Waals surface area contributed by atoms with Crippen LogP contribution < -0.4 is 10.6 Å². The molecular formula is C19H28ClN3O4. The van der Waals surface area contributed by atoms with Crippen molar-refractivity contribution in [2.75, 3.05) is 26.2 Å². The van der Waals surface area contributed by atoms with E-state index in [0.29, 0.717) is 25.4 Å². The SMILES string of the molecule is C#C[C@H](CC(=O)O)NC(=O)[C@@H]1CCCN(C(=O)/C=C/C2CCNCC2)C1.Cl. The Morgan fingerprint density at radius 2 is 2.00 bits per heavy atom. The Kier molecular flexibility index (Phi) is 9.90. The summed E-state index contributed by atoms with van der Waals surface area (Å²) < 4.78 is 0. The van der Waals surface area contributed by atoms with E-state index in [9.17, 15) is 14.4 Å². The first-order valence-corrected chi connectivity index (χ1v) is 9.15. The first-order valence-electron chi connectivity index (χ1n) is 9.15. The maximum atomic E-state index is 12.4. The molecule has 0 saturated carbocycles. The van der Waals surface area contributed by atoms with Crippen LogP contribution in [0, 0.1) is 24.2 Å². The molecule has 27 heavy (non-hydrogen) atoms. The molecule has 0 spiro atoms. The van der Waals surface area contributed by atoms with E-state index in [-0.39, 0.29) is 36.6 Å². The van der Waals surface area contributed by atoms with Gasteiger partial charge in [0.1, 0.15) is 6.04 Å². The van der Waals surface area contributed by atoms with Crippen LogP contribution in [0.15, 0.2) is 12.2 Å². The number of carboxylic acid groups (broad SMARTS) is 1. The second kappa shape index (κ2) is 11.6. The fourth-order valence-electron chi connectivity index (χ4n) is 3.37. The number of allylic oxidation sites excluding steroid dienone is 1. The number of nitrogens with one attached hydrogen (secondary N) is 2. The molecule has 2 amide bonds. The molecule has 0 aromatic carbocycles. The lowest BCUT2D eigenvalue weighted by Gasteiger charge is -2.32. The van der Waals surface area contributed by atoms with E-state index >= 15 is 0 Å². The summed E-state index contributed by atoms with van der Waals surface area (Å²) in [5.41, 5.74) is 0. The largest absolute Gasteiger partial charge is 0.481 e. The van der Waals surface area contributed by atoms with E-state index in [1.807, 2.05) is 6.08 Å². The van der Waals surface area contributed by atoms with Crippen molar-refractivity contribution in [3.8, 4) is 12.3 Å². The third-order valence-corrected chi connectivity index (χ3v) is 4.90. The molecule has 0 aliphatic carbocycles. The molecule has 0 bridgehead atoms. The number of nitrogens with zero attached hydrogens (tertiary/aromatic N) is 1. The highest BCUT2D eigenvalue weighted by Crippen LogP contribution is 2.18. The second-order valence-electron chi connectivity index (χ2n) is 6.90. The average Bonchev–Trinajstić information content (AvgIpc) is 2.66. The predicted octanol–water partition coefficient (Wildman–Crippen LogP) is 0.795. The number of terminal acetylenes is 1. The van der Waals surface area contributed by atoms with Crippen LogP contribution in [0.5, 0.6) is 0 Å². The van der Waals surface area contributed by atoms with Gasteiger partial charge in [-0.2, -0.15) is 0 Å². The van der Waals surface area contributed by atoms with Gasteiger partial charge in [0.15, 0.2) is 0 Å². The molecule has 0 aromatic heterocycles. The molecular weight excluding hydrogens is 370 g/mol. The number of aliphatic carboxylic acids is 1. The molecule has 8 heteroatoms. The van der Waals surface area contributed by atoms with Gasteiger partial charge < -0.3 is 20.6 Å². The lowest BCUT2D eigenvalue weighted by atomic mass is 9.95. The standard InChI is InChI=1S/C19H27N3O4.ClH/c1-2-16(12-18(24)25)21-19(26)15-4-3-11-22(13-15)17(23)6-5-14-7-9-20-10-8-14;/h1,5-6,14-16,20H,3-4,7-13H2,(H,21,26)(H,24,25);1H/b6-5+;/t15-,16-;/m1./s1. The Morgan fingerprint density at radius 3 is 2.63 bits per heavy atom. The van der Waals surface area contributed by atoms with Crippen LogP contribution in [0.4, 0.5) is 0 Å². The predicted molar refractivity (Wildman–Crippen MR) is 104 cm³/mol. The fraction of sp³-hybridized carbons (Fsp3) is 0.632. The molecule has 2 saturated heterocycles. The van der Waals surface area contributed by atoms with Crippen molar-refractivity contribution in [1.29, 1.82) is 0 Å². The summed E-state index contributed by atoms with van der Waals surface area (Å²) in [6.07, 6.45) is 12.1. The van der Waals surface area contributed by atoms with Gasteiger partial charge >= 0.3 is 5.97 Å². The number of piperidine rings is 2. The number of rotatable bonds is 6. The van der Waals surface area contributed by atoms with E-state index in [4.69, 9.17) is 11.5 Å². The summed E-state index contributed by atoms with van der Waals surface area (Å²) in [6.45, 7) is 2.92. The Hall–Kier alpha value is -2.04. The first kappa shape index (κ1) is 23.0. The van der Waals surface area contributed by atoms with Crippen molar-refractivity contribution < 1.29 is 19.5 Å². The summed E-state index contributed by atoms with van der Waals surface area (Å²) in [4.78, 5) is 37.2. The number of carbonyl (C=O) groups is 3. The van der Waals surface area contributed by atoms with Gasteiger partial charge in [0.2, 0.25) is 11.8 Å². The number of halogens is 1. The number of carboxylic acids is 1. The van der Waals surface area contributed by atoms with Crippen LogP contribution >= 0.6 is 12.4 Å². The van der Waals surface area contributed by atoms with Gasteiger partial charge in [0, 0.05) is 13.1 Å². The van der Waals surface area contributed by atoms with E-state index in [1.165, 1.54) is 0 Å². The Morgan fingerprint density at radius 1 is 1.30 bits per heavy atom. The number of hydrogen-bond donors (Lipinski definition) is 3. The zero-order valence-corrected chi connectivity index (χ0v) is 16.2. The number of carbonyl (C=O) groups excluding carboxylic acids is 2. The van der Waals surface area contributed by atoms with Gasteiger partial charge in [-0.15, -0.1) is 18.8 Å². The molecule has 2 aliphatic heterocycles. The second-order valence-corrected chi connectivity index (χ2v) is 6.90. The molecule has 2 heterocycles. The van der Waals surface area contributed by atoms with Gasteiger partial charge in [-0.25, -0.2) is 0 Å². The highest BCUT2D eigenvalue weighted by Gasteiger charge is 2.29. The third-order valence-electron chi connectivity index (χ3n) is 4.90. The molecule has 2 aliphatic rings. The van der Waals surface area contributed by atoms with Crippen LogP contribution in [-0.4, -0.2) is 60.0 Å². The molecule has 2 atom stereocenters. The van der Waals surface area contributed by atoms with E-state index in [1.54, 1.807) is 11.0 Å². The van der Waals surface area contributed by atoms with Gasteiger partial charge in [-0.05, 0) is 50.8 Å². The number of hydrogen-bond acceptors (Lipinski definition) is 4. The zero-order valence-electron chi connectivity index (χ0n) is 15.4. The normalized spacial score (nSPS) is 21.7. The molecule has 0 unspecified atom stereocenters. The topological polar surface area (TPSA) is 98.7 Å². The van der Waals surface area contributed by atoms with Crippen LogP contribution in [0.3, 0.4) is 0 Å². The molecule has 0 radical (unpaired) electrons. The monoisotopic (exact) mass is 397 g/mol. The summed E-state index contributed by atoms with van der Waals surface area (Å²) in [5, 5.41) is 14.7. The van der Waals surface area contributed by atoms with Crippen LogP contribution in [0.25, 0.3) is 0 Å². The van der Waals surface area contributed by atoms with Crippen molar-refractivity contribution in [2.24, 2.45) is 11.8 Å². The lowest BCUT2D eigenvalue weighted by molar-refractivity contribution is -0.137. The molecule has 3 N–H and O–H groups in total. The number of likely N-dealkylation sites (tertiary alicyclic amines) is 1. The number of amides is 2. The molecule has 2 rings (SSSR count). The molecule has 150 valence electrons. The van der Waals surface area contributed by atoms with Crippen LogP contribution in [0.1, 0.15) is 32.1 Å². The van der Waals surface area contributed by atoms with Crippen molar-refractivity contribution in [2.45, 2.75) is 38.1 Å². The third kappa shape index (κ3) is 7.61. The minimum atomic E-state index is -1.06. The Bertz CT molecular complexity index is 596. The summed E-state index contributed by atoms with van der Waals surface area (Å²) >= 11 is 0. The summed E-state index contributed by atoms with van der Waals surface area (Å²) in [6, 6.07) is -0.828. The molecule has 0 aromatic rings. The lowest BCUT2D eigenvalue weighted by Crippen LogP contribution is -2.47. The van der Waals surface area contributed by atoms with E-state index in [2.05, 4.69) is 16.6 Å². The minimum Gasteiger partial charge on any atom is -0.481 e. The van der Waals surface area contributed by atoms with Crippen molar-refractivity contribution >= 4 is 30.2 Å². The smallest absolute Gasteiger partial charge is 0.306 e. The van der Waals surface area contributed by atoms with Gasteiger partial charge in [-0.3, -0.25) is 14.4 Å². The molecule has 2 fully saturated rings. The van der Waals surface area contributed by atoms with E-state index < -0.39 is 12.0 Å². The van der Waals surface area contributed by atoms with Gasteiger partial charge in [0.25, 0.3) is 0 Å². The Balaban J connectivity index is 0.00000364. The maximum absolute atomic E-state index is 12.4. The minimum absolute atomic E-state index is 0. The maximum Gasteiger partial charge on any atom is 0.306 e. The highest BCUT2D eigenvalue weighted by molar-refractivity contribution is 5.88. The van der Waals surface area contributed by atoms with E-state index in [0.717, 1.165) is 32.4 Å². The van der Waals surface area contributed by atoms with Gasteiger partial charge in [0.05, 0.1) is 12.3 Å². The first-order chi connectivity index (χ1) is 12.5. The highest BCUT2D eigenvalue weighted by atomic mass is 35.5. The van der Waals surface area contributed by atoms with Crippen molar-refractivity contribution in [1.82, 2.24) is 15.5 Å². The average molecular weight is 398 g/mol. The summed E-state index contributed by atoms with van der Waals surface area (Å²) in [7, 11) is 0. The van der Waals surface area contributed by atoms with Crippen molar-refractivity contribution in [3.05, 3.63) is 12.2 Å². The van der Waals surface area contributed by atoms with Crippen molar-refractivity contribution in [3.63, 3.8) is 0 Å². The molecule has 7 nitrogen and oxygen atoms in total. The quantitative estimate of drug-likeness (QED) is 0.454. The fourth-order valence-corrected chi connectivity index (χ4v) is 3.37. The Labute approximate surface area is 166 Å². The zero-order chi connectivity index (χ0) is 18.9. The summed E-state index contributed by atoms with van der Waals surface area (Å²) in [5.74, 6) is 0.944. The van der Waals surface area contributed by atoms with Gasteiger partial charge in [-0.1, -0.05) is 12.0 Å².